The molecule has 0 atom stereocenters. The van der Waals surface area contributed by atoms with E-state index in [2.05, 4.69) is 91.5 Å². The van der Waals surface area contributed by atoms with Crippen molar-refractivity contribution < 1.29 is 19.4 Å². The summed E-state index contributed by atoms with van der Waals surface area (Å²) in [5.41, 5.74) is 11.1. The monoisotopic (exact) mass is 492 g/mol. The van der Waals surface area contributed by atoms with E-state index in [1.54, 1.807) is 0 Å². The van der Waals surface area contributed by atoms with Gasteiger partial charge in [0, 0.05) is 6.08 Å². The summed E-state index contributed by atoms with van der Waals surface area (Å²) in [6.45, 7) is 8.45. The van der Waals surface area contributed by atoms with Gasteiger partial charge in [0.1, 0.15) is 11.5 Å². The van der Waals surface area contributed by atoms with Gasteiger partial charge < -0.3 is 14.6 Å². The van der Waals surface area contributed by atoms with Gasteiger partial charge in [0.25, 0.3) is 0 Å². The fraction of sp³-hybridized carbons (Fsp3) is 0.182. The van der Waals surface area contributed by atoms with Crippen LogP contribution in [0.4, 0.5) is 0 Å². The number of carbonyl (C=O) groups is 1. The molecule has 1 N–H and O–H groups in total. The minimum Gasteiger partial charge on any atom is -0.494 e. The van der Waals surface area contributed by atoms with E-state index < -0.39 is 5.97 Å². The number of carboxylic acids is 1. The van der Waals surface area contributed by atoms with Crippen LogP contribution in [0.5, 0.6) is 11.5 Å². The Morgan fingerprint density at radius 1 is 0.703 bits per heavy atom. The predicted octanol–water partition coefficient (Wildman–Crippen LogP) is 7.57. The highest BCUT2D eigenvalue weighted by atomic mass is 16.5. The molecule has 37 heavy (non-hydrogen) atoms. The van der Waals surface area contributed by atoms with Crippen molar-refractivity contribution in [1.29, 1.82) is 0 Å². The van der Waals surface area contributed by atoms with Crippen molar-refractivity contribution in [3.8, 4) is 33.8 Å². The SMILES string of the molecule is C=CC(=O)O.CCOc1ccc2c(c1)Cc1ccccc1-2.CCOc1ccc2c(c1)Cc1ccccc1-2. The van der Waals surface area contributed by atoms with Gasteiger partial charge in [-0.05, 0) is 95.5 Å². The van der Waals surface area contributed by atoms with E-state index in [1.165, 1.54) is 44.5 Å². The lowest BCUT2D eigenvalue weighted by molar-refractivity contribution is -0.131. The van der Waals surface area contributed by atoms with Crippen LogP contribution >= 0.6 is 0 Å². The zero-order chi connectivity index (χ0) is 26.2. The molecule has 4 nitrogen and oxygen atoms in total. The lowest BCUT2D eigenvalue weighted by Gasteiger charge is -2.05. The molecule has 0 saturated heterocycles. The second-order valence-corrected chi connectivity index (χ2v) is 8.71. The summed E-state index contributed by atoms with van der Waals surface area (Å²) in [4.78, 5) is 9.25. The third-order valence-electron chi connectivity index (χ3n) is 6.33. The van der Waals surface area contributed by atoms with Crippen LogP contribution in [0.3, 0.4) is 0 Å². The number of carboxylic acid groups (broad SMARTS) is 1. The first kappa shape index (κ1) is 25.8. The number of hydrogen-bond acceptors (Lipinski definition) is 3. The first-order valence-electron chi connectivity index (χ1n) is 12.6. The van der Waals surface area contributed by atoms with E-state index in [0.29, 0.717) is 0 Å². The van der Waals surface area contributed by atoms with Gasteiger partial charge in [0.2, 0.25) is 0 Å². The molecule has 4 aromatic carbocycles. The van der Waals surface area contributed by atoms with E-state index in [4.69, 9.17) is 14.6 Å². The van der Waals surface area contributed by atoms with Crippen LogP contribution in [-0.2, 0) is 17.6 Å². The van der Waals surface area contributed by atoms with E-state index >= 15 is 0 Å². The zero-order valence-electron chi connectivity index (χ0n) is 21.4. The van der Waals surface area contributed by atoms with E-state index in [9.17, 15) is 4.79 Å². The molecule has 0 radical (unpaired) electrons. The summed E-state index contributed by atoms with van der Waals surface area (Å²) in [5, 5.41) is 7.60. The highest BCUT2D eigenvalue weighted by Crippen LogP contribution is 2.39. The highest BCUT2D eigenvalue weighted by Gasteiger charge is 2.18. The molecule has 0 aromatic heterocycles. The summed E-state index contributed by atoms with van der Waals surface area (Å²) in [7, 11) is 0. The topological polar surface area (TPSA) is 55.8 Å². The van der Waals surface area contributed by atoms with Gasteiger partial charge >= 0.3 is 5.97 Å². The molecule has 0 heterocycles. The molecule has 0 amide bonds. The van der Waals surface area contributed by atoms with E-state index in [-0.39, 0.29) is 0 Å². The number of aliphatic carboxylic acids is 1. The van der Waals surface area contributed by atoms with E-state index in [1.807, 2.05) is 13.8 Å². The number of ether oxygens (including phenoxy) is 2. The molecule has 188 valence electrons. The second-order valence-electron chi connectivity index (χ2n) is 8.71. The summed E-state index contributed by atoms with van der Waals surface area (Å²) in [5.74, 6) is 0.980. The Balaban J connectivity index is 0.000000147. The van der Waals surface area contributed by atoms with Crippen molar-refractivity contribution in [3.63, 3.8) is 0 Å². The van der Waals surface area contributed by atoms with Crippen LogP contribution in [0.1, 0.15) is 36.1 Å². The van der Waals surface area contributed by atoms with Crippen molar-refractivity contribution in [2.45, 2.75) is 26.7 Å². The molecular formula is C33H32O4. The van der Waals surface area contributed by atoms with Crippen molar-refractivity contribution in [1.82, 2.24) is 0 Å². The molecule has 0 spiro atoms. The first-order valence-corrected chi connectivity index (χ1v) is 12.6. The molecule has 0 unspecified atom stereocenters. The Kier molecular flexibility index (Phi) is 8.42. The van der Waals surface area contributed by atoms with Crippen molar-refractivity contribution in [2.24, 2.45) is 0 Å². The number of fused-ring (bicyclic) bond motifs is 6. The Hall–Kier alpha value is -4.31. The quantitative estimate of drug-likeness (QED) is 0.252. The smallest absolute Gasteiger partial charge is 0.327 e. The number of benzene rings is 4. The van der Waals surface area contributed by atoms with Crippen LogP contribution in [-0.4, -0.2) is 24.3 Å². The number of hydrogen-bond donors (Lipinski definition) is 1. The number of rotatable bonds is 5. The molecule has 0 saturated carbocycles. The van der Waals surface area contributed by atoms with Crippen molar-refractivity contribution in [2.75, 3.05) is 13.2 Å². The molecule has 0 aliphatic heterocycles. The molecule has 6 rings (SSSR count). The first-order chi connectivity index (χ1) is 18.0. The molecule has 2 aliphatic carbocycles. The average molecular weight is 493 g/mol. The average Bonchev–Trinajstić information content (AvgIpc) is 3.47. The van der Waals surface area contributed by atoms with E-state index in [0.717, 1.165) is 43.6 Å². The van der Waals surface area contributed by atoms with Gasteiger partial charge in [-0.15, -0.1) is 0 Å². The molecule has 0 fully saturated rings. The molecule has 4 aromatic rings. The Morgan fingerprint density at radius 2 is 1.08 bits per heavy atom. The zero-order valence-corrected chi connectivity index (χ0v) is 21.4. The maximum absolute atomic E-state index is 9.25. The van der Waals surface area contributed by atoms with Gasteiger partial charge in [-0.25, -0.2) is 4.79 Å². The predicted molar refractivity (Wildman–Crippen MR) is 150 cm³/mol. The van der Waals surface area contributed by atoms with Crippen molar-refractivity contribution >= 4 is 5.97 Å². The second kappa shape index (κ2) is 12.1. The van der Waals surface area contributed by atoms with Gasteiger partial charge in [0.05, 0.1) is 13.2 Å². The molecular weight excluding hydrogens is 460 g/mol. The minimum absolute atomic E-state index is 0.728. The van der Waals surface area contributed by atoms with Gasteiger partial charge in [0.15, 0.2) is 0 Å². The third kappa shape index (κ3) is 6.10. The third-order valence-corrected chi connectivity index (χ3v) is 6.33. The molecule has 0 bridgehead atoms. The fourth-order valence-electron chi connectivity index (χ4n) is 4.76. The standard InChI is InChI=1S/2C15H14O.C3H4O2/c2*1-2-16-13-7-8-15-12(10-13)9-11-5-3-4-6-14(11)15;1-2-3(4)5/h2*3-8,10H,2,9H2,1H3;2H,1H2,(H,4,5). The Labute approximate surface area is 218 Å². The normalized spacial score (nSPS) is 11.3. The Bertz CT molecular complexity index is 1300. The van der Waals surface area contributed by atoms with Gasteiger partial charge in [-0.2, -0.15) is 0 Å². The van der Waals surface area contributed by atoms with Crippen LogP contribution in [0.15, 0.2) is 97.6 Å². The maximum Gasteiger partial charge on any atom is 0.327 e. The minimum atomic E-state index is -0.981. The molecule has 4 heteroatoms. The van der Waals surface area contributed by atoms with Gasteiger partial charge in [-0.1, -0.05) is 67.2 Å². The van der Waals surface area contributed by atoms with Gasteiger partial charge in [-0.3, -0.25) is 0 Å². The van der Waals surface area contributed by atoms with Crippen molar-refractivity contribution in [3.05, 3.63) is 120 Å². The summed E-state index contributed by atoms with van der Waals surface area (Å²) in [6, 6.07) is 30.0. The van der Waals surface area contributed by atoms with Crippen LogP contribution in [0.2, 0.25) is 0 Å². The lowest BCUT2D eigenvalue weighted by atomic mass is 10.1. The lowest BCUT2D eigenvalue weighted by Crippen LogP contribution is -1.92. The van der Waals surface area contributed by atoms with Crippen LogP contribution in [0, 0.1) is 0 Å². The summed E-state index contributed by atoms with van der Waals surface area (Å²) >= 11 is 0. The summed E-state index contributed by atoms with van der Waals surface area (Å²) < 4.78 is 11.1. The largest absolute Gasteiger partial charge is 0.494 e. The highest BCUT2D eigenvalue weighted by molar-refractivity contribution is 5.79. The van der Waals surface area contributed by atoms with Crippen LogP contribution in [0.25, 0.3) is 22.3 Å². The summed E-state index contributed by atoms with van der Waals surface area (Å²) in [6.07, 6.45) is 2.90. The molecule has 2 aliphatic rings. The maximum atomic E-state index is 9.25. The Morgan fingerprint density at radius 3 is 1.46 bits per heavy atom. The van der Waals surface area contributed by atoms with Crippen LogP contribution < -0.4 is 9.47 Å². The fourth-order valence-corrected chi connectivity index (χ4v) is 4.76.